The van der Waals surface area contributed by atoms with Crippen molar-refractivity contribution in [3.63, 3.8) is 0 Å². The van der Waals surface area contributed by atoms with Gasteiger partial charge in [-0.15, -0.1) is 0 Å². The predicted molar refractivity (Wildman–Crippen MR) is 150 cm³/mol. The Morgan fingerprint density at radius 1 is 0.897 bits per heavy atom. The van der Waals surface area contributed by atoms with E-state index >= 15 is 0 Å². The molecule has 1 saturated heterocycles. The minimum Gasteiger partial charge on any atom is -0.460 e. The molecule has 7 heteroatoms. The first-order valence-electron chi connectivity index (χ1n) is 15.6. The van der Waals surface area contributed by atoms with Crippen LogP contribution in [0, 0.1) is 36.5 Å². The highest BCUT2D eigenvalue weighted by molar-refractivity contribution is 5.94. The van der Waals surface area contributed by atoms with Gasteiger partial charge in [-0.1, -0.05) is 31.4 Å². The van der Waals surface area contributed by atoms with E-state index in [1.807, 2.05) is 31.2 Å². The minimum atomic E-state index is -0.641. The normalized spacial score (nSPS) is 34.4. The summed E-state index contributed by atoms with van der Waals surface area (Å²) in [6.45, 7) is 1.98. The van der Waals surface area contributed by atoms with E-state index in [-0.39, 0.29) is 36.6 Å². The second-order valence-electron chi connectivity index (χ2n) is 13.3. The summed E-state index contributed by atoms with van der Waals surface area (Å²) in [6, 6.07) is 6.63. The molecule has 1 heterocycles. The monoisotopic (exact) mass is 535 g/mol. The number of likely N-dealkylation sites (tertiary alicyclic amines) is 1. The third-order valence-electron chi connectivity index (χ3n) is 10.5. The predicted octanol–water partition coefficient (Wildman–Crippen LogP) is 5.81. The number of urea groups is 1. The zero-order chi connectivity index (χ0) is 26.9. The quantitative estimate of drug-likeness (QED) is 0.450. The van der Waals surface area contributed by atoms with Gasteiger partial charge < -0.3 is 20.3 Å². The molecule has 6 aliphatic rings. The van der Waals surface area contributed by atoms with Gasteiger partial charge in [-0.3, -0.25) is 9.59 Å². The number of anilines is 1. The molecule has 2 unspecified atom stereocenters. The first-order valence-corrected chi connectivity index (χ1v) is 15.6. The maximum atomic E-state index is 14.0. The van der Waals surface area contributed by atoms with Crippen molar-refractivity contribution >= 4 is 23.6 Å². The second kappa shape index (κ2) is 11.5. The summed E-state index contributed by atoms with van der Waals surface area (Å²) >= 11 is 0. The van der Waals surface area contributed by atoms with Crippen molar-refractivity contribution < 1.29 is 19.1 Å². The van der Waals surface area contributed by atoms with Crippen LogP contribution in [0.4, 0.5) is 10.5 Å². The standard InChI is InChI=1S/C32H45N3O4/c1-20-7-5-10-26(13-20)33-32(38)34-27-11-6-12-28(23-8-3-2-4-9-23)35(31(27)37)19-29(36)39-30-24-15-21-14-22(17-24)18-25(30)16-21/h5,7,10,13,21-25,27-28,30H,2-4,6,8-9,11-12,14-19H2,1H3,(H2,33,34,38). The largest absolute Gasteiger partial charge is 0.460 e. The van der Waals surface area contributed by atoms with Crippen LogP contribution in [0.3, 0.4) is 0 Å². The fraction of sp³-hybridized carbons (Fsp3) is 0.719. The highest BCUT2D eigenvalue weighted by atomic mass is 16.5. The van der Waals surface area contributed by atoms with Gasteiger partial charge in [-0.25, -0.2) is 4.79 Å². The molecule has 1 aliphatic heterocycles. The smallest absolute Gasteiger partial charge is 0.325 e. The van der Waals surface area contributed by atoms with Crippen LogP contribution in [-0.4, -0.2) is 47.5 Å². The number of hydrogen-bond donors (Lipinski definition) is 2. The lowest BCUT2D eigenvalue weighted by Crippen LogP contribution is -2.55. The molecule has 0 aromatic heterocycles. The summed E-state index contributed by atoms with van der Waals surface area (Å²) < 4.78 is 6.23. The van der Waals surface area contributed by atoms with Crippen LogP contribution in [0.2, 0.25) is 0 Å². The molecule has 212 valence electrons. The van der Waals surface area contributed by atoms with Crippen LogP contribution in [-0.2, 0) is 14.3 Å². The molecule has 0 spiro atoms. The molecular formula is C32H45N3O4. The van der Waals surface area contributed by atoms with Gasteiger partial charge in [-0.05, 0) is 118 Å². The number of benzene rings is 1. The van der Waals surface area contributed by atoms with E-state index in [1.54, 1.807) is 4.90 Å². The Balaban J connectivity index is 1.14. The summed E-state index contributed by atoms with van der Waals surface area (Å²) in [6.07, 6.45) is 14.3. The van der Waals surface area contributed by atoms with E-state index in [9.17, 15) is 14.4 Å². The van der Waals surface area contributed by atoms with Crippen molar-refractivity contribution in [2.75, 3.05) is 11.9 Å². The summed E-state index contributed by atoms with van der Waals surface area (Å²) in [5.74, 6) is 2.66. The van der Waals surface area contributed by atoms with E-state index in [1.165, 1.54) is 51.4 Å². The Labute approximate surface area is 232 Å². The van der Waals surface area contributed by atoms with Gasteiger partial charge in [0, 0.05) is 11.7 Å². The van der Waals surface area contributed by atoms with Crippen LogP contribution >= 0.6 is 0 Å². The molecule has 4 bridgehead atoms. The topological polar surface area (TPSA) is 87.7 Å². The lowest BCUT2D eigenvalue weighted by Gasteiger charge is -2.53. The second-order valence-corrected chi connectivity index (χ2v) is 13.3. The number of carbonyl (C=O) groups is 3. The van der Waals surface area contributed by atoms with Crippen LogP contribution in [0.15, 0.2) is 24.3 Å². The number of rotatable bonds is 6. The number of carbonyl (C=O) groups excluding carboxylic acids is 3. The van der Waals surface area contributed by atoms with Gasteiger partial charge in [0.1, 0.15) is 18.7 Å². The average Bonchev–Trinajstić information content (AvgIpc) is 3.05. The maximum Gasteiger partial charge on any atom is 0.325 e. The first kappa shape index (κ1) is 26.6. The maximum absolute atomic E-state index is 14.0. The molecule has 5 aliphatic carbocycles. The average molecular weight is 536 g/mol. The zero-order valence-electron chi connectivity index (χ0n) is 23.4. The molecule has 0 radical (unpaired) electrons. The molecule has 1 aromatic rings. The fourth-order valence-electron chi connectivity index (χ4n) is 8.96. The molecule has 2 N–H and O–H groups in total. The van der Waals surface area contributed by atoms with Gasteiger partial charge in [0.2, 0.25) is 5.91 Å². The van der Waals surface area contributed by atoms with E-state index in [2.05, 4.69) is 10.6 Å². The van der Waals surface area contributed by atoms with Gasteiger partial charge in [0.15, 0.2) is 0 Å². The van der Waals surface area contributed by atoms with Crippen molar-refractivity contribution in [3.8, 4) is 0 Å². The van der Waals surface area contributed by atoms with Gasteiger partial charge >= 0.3 is 12.0 Å². The fourth-order valence-corrected chi connectivity index (χ4v) is 8.96. The number of nitrogens with one attached hydrogen (secondary N) is 2. The molecule has 5 saturated carbocycles. The summed E-state index contributed by atoms with van der Waals surface area (Å²) in [4.78, 5) is 42.2. The molecule has 2 atom stereocenters. The Morgan fingerprint density at radius 2 is 1.62 bits per heavy atom. The summed E-state index contributed by atoms with van der Waals surface area (Å²) in [7, 11) is 0. The first-order chi connectivity index (χ1) is 18.9. The molecule has 39 heavy (non-hydrogen) atoms. The van der Waals surface area contributed by atoms with Gasteiger partial charge in [0.05, 0.1) is 0 Å². The number of hydrogen-bond acceptors (Lipinski definition) is 4. The highest BCUT2D eigenvalue weighted by Gasteiger charge is 2.50. The zero-order valence-corrected chi connectivity index (χ0v) is 23.4. The molecule has 7 rings (SSSR count). The number of esters is 1. The van der Waals surface area contributed by atoms with Crippen LogP contribution in [0.25, 0.3) is 0 Å². The lowest BCUT2D eigenvalue weighted by molar-refractivity contribution is -0.174. The molecular weight excluding hydrogens is 490 g/mol. The number of aryl methyl sites for hydroxylation is 1. The summed E-state index contributed by atoms with van der Waals surface area (Å²) in [5.41, 5.74) is 1.75. The van der Waals surface area contributed by atoms with E-state index in [0.29, 0.717) is 29.9 Å². The SMILES string of the molecule is Cc1cccc(NC(=O)NC2CCCC(C3CCCCC3)N(CC(=O)OC3C4CC5CC(C4)CC3C5)C2=O)c1. The van der Waals surface area contributed by atoms with E-state index in [0.717, 1.165) is 43.1 Å². The van der Waals surface area contributed by atoms with Crippen molar-refractivity contribution in [2.24, 2.45) is 29.6 Å². The molecule has 7 nitrogen and oxygen atoms in total. The van der Waals surface area contributed by atoms with Gasteiger partial charge in [0.25, 0.3) is 0 Å². The van der Waals surface area contributed by atoms with Crippen LogP contribution in [0.1, 0.15) is 89.0 Å². The van der Waals surface area contributed by atoms with Crippen molar-refractivity contribution in [1.82, 2.24) is 10.2 Å². The Kier molecular flexibility index (Phi) is 7.86. The van der Waals surface area contributed by atoms with Crippen molar-refractivity contribution in [1.29, 1.82) is 0 Å². The van der Waals surface area contributed by atoms with Crippen LogP contribution < -0.4 is 10.6 Å². The molecule has 1 aromatic carbocycles. The number of amides is 3. The number of nitrogens with zero attached hydrogens (tertiary/aromatic N) is 1. The Morgan fingerprint density at radius 3 is 2.31 bits per heavy atom. The Bertz CT molecular complexity index is 1040. The third-order valence-corrected chi connectivity index (χ3v) is 10.5. The third kappa shape index (κ3) is 5.97. The van der Waals surface area contributed by atoms with E-state index in [4.69, 9.17) is 4.74 Å². The highest BCUT2D eigenvalue weighted by Crippen LogP contribution is 2.54. The molecule has 3 amide bonds. The van der Waals surface area contributed by atoms with Gasteiger partial charge in [-0.2, -0.15) is 0 Å². The van der Waals surface area contributed by atoms with Crippen LogP contribution in [0.5, 0.6) is 0 Å². The molecule has 6 fully saturated rings. The minimum absolute atomic E-state index is 0.000472. The summed E-state index contributed by atoms with van der Waals surface area (Å²) in [5, 5.41) is 5.81. The lowest BCUT2D eigenvalue weighted by atomic mass is 9.55. The van der Waals surface area contributed by atoms with Crippen molar-refractivity contribution in [3.05, 3.63) is 29.8 Å². The van der Waals surface area contributed by atoms with E-state index < -0.39 is 6.04 Å². The Hall–Kier alpha value is -2.57. The number of ether oxygens (including phenoxy) is 1. The van der Waals surface area contributed by atoms with Crippen molar-refractivity contribution in [2.45, 2.75) is 109 Å².